The van der Waals surface area contributed by atoms with Crippen LogP contribution in [-0.4, -0.2) is 4.57 Å². The first-order chi connectivity index (χ1) is 29.3. The number of anilines is 3. The van der Waals surface area contributed by atoms with E-state index < -0.39 is 0 Å². The van der Waals surface area contributed by atoms with E-state index >= 15 is 0 Å². The van der Waals surface area contributed by atoms with Crippen LogP contribution in [0.4, 0.5) is 17.1 Å². The van der Waals surface area contributed by atoms with Crippen molar-refractivity contribution < 1.29 is 0 Å². The van der Waals surface area contributed by atoms with Gasteiger partial charge in [0.05, 0.1) is 28.1 Å². The quantitative estimate of drug-likeness (QED) is 0.169. The Bertz CT molecular complexity index is 3330. The minimum atomic E-state index is -0.245. The van der Waals surface area contributed by atoms with E-state index in [0.717, 1.165) is 11.4 Å². The maximum absolute atomic E-state index is 2.64. The maximum Gasteiger partial charge on any atom is 0.0561 e. The van der Waals surface area contributed by atoms with E-state index in [-0.39, 0.29) is 10.8 Å². The van der Waals surface area contributed by atoms with Gasteiger partial charge in [-0.2, -0.15) is 0 Å². The molecule has 0 saturated carbocycles. The third-order valence-corrected chi connectivity index (χ3v) is 13.7. The summed E-state index contributed by atoms with van der Waals surface area (Å²) in [5, 5.41) is 4.92. The molecular formula is C58H44N2. The summed E-state index contributed by atoms with van der Waals surface area (Å²) in [5.41, 5.74) is 19.8. The lowest BCUT2D eigenvalue weighted by Crippen LogP contribution is -2.21. The van der Waals surface area contributed by atoms with Crippen LogP contribution in [-0.2, 0) is 10.8 Å². The topological polar surface area (TPSA) is 8.17 Å². The molecule has 1 heterocycles. The lowest BCUT2D eigenvalue weighted by Gasteiger charge is -2.35. The van der Waals surface area contributed by atoms with E-state index in [4.69, 9.17) is 0 Å². The summed E-state index contributed by atoms with van der Waals surface area (Å²) in [5.74, 6) is 0. The second kappa shape index (κ2) is 12.7. The van der Waals surface area contributed by atoms with Gasteiger partial charge in [0, 0.05) is 38.2 Å². The van der Waals surface area contributed by atoms with Crippen molar-refractivity contribution in [2.45, 2.75) is 38.5 Å². The summed E-state index contributed by atoms with van der Waals surface area (Å²) in [6.07, 6.45) is 0. The second-order valence-corrected chi connectivity index (χ2v) is 17.7. The molecule has 286 valence electrons. The van der Waals surface area contributed by atoms with Crippen LogP contribution in [0.15, 0.2) is 194 Å². The third-order valence-electron chi connectivity index (χ3n) is 13.7. The Morgan fingerprint density at radius 2 is 0.900 bits per heavy atom. The molecule has 10 aromatic rings. The molecule has 0 amide bonds. The molecule has 0 N–H and O–H groups in total. The van der Waals surface area contributed by atoms with E-state index in [2.05, 4.69) is 231 Å². The molecule has 1 aromatic heterocycles. The van der Waals surface area contributed by atoms with Gasteiger partial charge in [-0.05, 0) is 91.9 Å². The lowest BCUT2D eigenvalue weighted by atomic mass is 9.81. The van der Waals surface area contributed by atoms with Crippen LogP contribution < -0.4 is 4.90 Å². The zero-order valence-corrected chi connectivity index (χ0v) is 34.4. The summed E-state index contributed by atoms with van der Waals surface area (Å²) < 4.78 is 2.48. The highest BCUT2D eigenvalue weighted by Gasteiger charge is 2.41. The second-order valence-electron chi connectivity index (χ2n) is 17.7. The standard InChI is InChI=1S/C58H44N2/c1-57(2)48-29-13-9-24-45(48)55-49(57)30-18-33-52(55)60(53-34-17-27-44-40-21-8-12-28-47(40)58(3,4)56(44)53)54-36-38(35-46-39(25-16-26-43(46)54)37-19-6-5-7-20-37)59-50-31-14-10-22-41(50)42-23-11-15-32-51(42)59/h5-36H,1-4H3. The fraction of sp³-hybridized carbons (Fsp3) is 0.103. The van der Waals surface area contributed by atoms with E-state index in [1.807, 2.05) is 0 Å². The summed E-state index contributed by atoms with van der Waals surface area (Å²) in [6.45, 7) is 9.59. The van der Waals surface area contributed by atoms with Gasteiger partial charge < -0.3 is 9.47 Å². The SMILES string of the molecule is CC1(C)c2ccccc2-c2c(N(c3cccc4c3C(C)(C)c3ccccc3-4)c3cc(-n4c5ccccc5c5ccccc54)cc4c(-c5ccccc5)cccc34)cccc21. The molecule has 0 fully saturated rings. The molecule has 2 nitrogen and oxygen atoms in total. The Morgan fingerprint density at radius 1 is 0.367 bits per heavy atom. The Hall–Kier alpha value is -7.16. The van der Waals surface area contributed by atoms with Gasteiger partial charge in [-0.3, -0.25) is 0 Å². The molecule has 0 atom stereocenters. The number of para-hydroxylation sites is 2. The summed E-state index contributed by atoms with van der Waals surface area (Å²) in [4.78, 5) is 2.64. The van der Waals surface area contributed by atoms with E-state index in [1.54, 1.807) is 0 Å². The zero-order valence-electron chi connectivity index (χ0n) is 34.4. The van der Waals surface area contributed by atoms with Crippen LogP contribution in [0.1, 0.15) is 49.9 Å². The van der Waals surface area contributed by atoms with Gasteiger partial charge in [0.25, 0.3) is 0 Å². The van der Waals surface area contributed by atoms with Gasteiger partial charge in [0.1, 0.15) is 0 Å². The van der Waals surface area contributed by atoms with Crippen molar-refractivity contribution in [2.75, 3.05) is 4.90 Å². The van der Waals surface area contributed by atoms with Crippen molar-refractivity contribution in [3.8, 4) is 39.1 Å². The molecule has 2 heteroatoms. The smallest absolute Gasteiger partial charge is 0.0561 e. The average Bonchev–Trinajstić information content (AvgIpc) is 3.84. The number of rotatable bonds is 5. The molecule has 2 aliphatic rings. The van der Waals surface area contributed by atoms with E-state index in [1.165, 1.54) is 99.6 Å². The number of hydrogen-bond donors (Lipinski definition) is 0. The molecule has 0 radical (unpaired) electrons. The van der Waals surface area contributed by atoms with Crippen LogP contribution >= 0.6 is 0 Å². The Labute approximate surface area is 351 Å². The summed E-state index contributed by atoms with van der Waals surface area (Å²) in [6, 6.07) is 72.4. The molecule has 9 aromatic carbocycles. The Morgan fingerprint density at radius 3 is 1.65 bits per heavy atom. The lowest BCUT2D eigenvalue weighted by molar-refractivity contribution is 0.659. The summed E-state index contributed by atoms with van der Waals surface area (Å²) in [7, 11) is 0. The normalized spacial score (nSPS) is 14.3. The fourth-order valence-electron chi connectivity index (χ4n) is 11.1. The Kier molecular flexibility index (Phi) is 7.36. The zero-order chi connectivity index (χ0) is 40.3. The van der Waals surface area contributed by atoms with Crippen molar-refractivity contribution in [3.05, 3.63) is 216 Å². The molecular weight excluding hydrogens is 725 g/mol. The summed E-state index contributed by atoms with van der Waals surface area (Å²) >= 11 is 0. The van der Waals surface area contributed by atoms with Crippen LogP contribution in [0.2, 0.25) is 0 Å². The predicted molar refractivity (Wildman–Crippen MR) is 254 cm³/mol. The highest BCUT2D eigenvalue weighted by Crippen LogP contribution is 2.59. The largest absolute Gasteiger partial charge is 0.309 e. The first-order valence-electron chi connectivity index (χ1n) is 21.2. The van der Waals surface area contributed by atoms with Crippen molar-refractivity contribution in [1.82, 2.24) is 4.57 Å². The molecule has 0 aliphatic heterocycles. The van der Waals surface area contributed by atoms with Crippen molar-refractivity contribution >= 4 is 49.6 Å². The predicted octanol–water partition coefficient (Wildman–Crippen LogP) is 15.7. The molecule has 12 rings (SSSR count). The van der Waals surface area contributed by atoms with Crippen molar-refractivity contribution in [2.24, 2.45) is 0 Å². The van der Waals surface area contributed by atoms with Gasteiger partial charge in [0.15, 0.2) is 0 Å². The van der Waals surface area contributed by atoms with Gasteiger partial charge in [-0.25, -0.2) is 0 Å². The maximum atomic E-state index is 2.64. The fourth-order valence-corrected chi connectivity index (χ4v) is 11.1. The molecule has 0 saturated heterocycles. The first kappa shape index (κ1) is 34.8. The molecule has 0 unspecified atom stereocenters. The minimum Gasteiger partial charge on any atom is -0.309 e. The number of nitrogens with zero attached hydrogens (tertiary/aromatic N) is 2. The van der Waals surface area contributed by atoms with Crippen molar-refractivity contribution in [3.63, 3.8) is 0 Å². The Balaban J connectivity index is 1.26. The van der Waals surface area contributed by atoms with E-state index in [9.17, 15) is 0 Å². The average molecular weight is 769 g/mol. The van der Waals surface area contributed by atoms with Gasteiger partial charge in [0.2, 0.25) is 0 Å². The van der Waals surface area contributed by atoms with Crippen LogP contribution in [0, 0.1) is 0 Å². The number of benzene rings is 9. The molecule has 2 aliphatic carbocycles. The van der Waals surface area contributed by atoms with Crippen LogP contribution in [0.3, 0.4) is 0 Å². The highest BCUT2D eigenvalue weighted by molar-refractivity contribution is 6.12. The van der Waals surface area contributed by atoms with Gasteiger partial charge >= 0.3 is 0 Å². The highest BCUT2D eigenvalue weighted by atomic mass is 15.2. The first-order valence-corrected chi connectivity index (χ1v) is 21.2. The van der Waals surface area contributed by atoms with Crippen LogP contribution in [0.5, 0.6) is 0 Å². The van der Waals surface area contributed by atoms with Crippen LogP contribution in [0.25, 0.3) is 71.6 Å². The number of fused-ring (bicyclic) bond motifs is 10. The number of hydrogen-bond acceptors (Lipinski definition) is 1. The van der Waals surface area contributed by atoms with Gasteiger partial charge in [-0.15, -0.1) is 0 Å². The molecule has 60 heavy (non-hydrogen) atoms. The third kappa shape index (κ3) is 4.76. The van der Waals surface area contributed by atoms with E-state index in [0.29, 0.717) is 0 Å². The van der Waals surface area contributed by atoms with Gasteiger partial charge in [-0.1, -0.05) is 185 Å². The van der Waals surface area contributed by atoms with Crippen molar-refractivity contribution in [1.29, 1.82) is 0 Å². The molecule has 0 spiro atoms. The molecule has 0 bridgehead atoms. The monoisotopic (exact) mass is 768 g/mol. The minimum absolute atomic E-state index is 0.158. The number of aromatic nitrogens is 1.